The van der Waals surface area contributed by atoms with Crippen LogP contribution in [0.3, 0.4) is 0 Å². The summed E-state index contributed by atoms with van der Waals surface area (Å²) in [5.41, 5.74) is 0.843. The summed E-state index contributed by atoms with van der Waals surface area (Å²) in [6.07, 6.45) is 0.557. The maximum atomic E-state index is 12.8. The zero-order chi connectivity index (χ0) is 16.6. The number of hydrogen-bond donors (Lipinski definition) is 1. The average molecular weight is 312 g/mol. The van der Waals surface area contributed by atoms with Gasteiger partial charge in [-0.25, -0.2) is 19.1 Å². The number of hydrogen-bond acceptors (Lipinski definition) is 3. The van der Waals surface area contributed by atoms with Crippen molar-refractivity contribution in [3.63, 3.8) is 0 Å². The number of para-hydroxylation sites is 1. The van der Waals surface area contributed by atoms with Crippen molar-refractivity contribution in [3.05, 3.63) is 65.0 Å². The summed E-state index contributed by atoms with van der Waals surface area (Å²) >= 11 is 0. The van der Waals surface area contributed by atoms with Crippen LogP contribution in [0.1, 0.15) is 18.8 Å². The van der Waals surface area contributed by atoms with Crippen LogP contribution in [0.25, 0.3) is 11.3 Å². The maximum Gasteiger partial charge on any atom is 0.407 e. The van der Waals surface area contributed by atoms with E-state index in [-0.39, 0.29) is 5.69 Å². The van der Waals surface area contributed by atoms with Gasteiger partial charge >= 0.3 is 11.8 Å². The van der Waals surface area contributed by atoms with Crippen molar-refractivity contribution in [2.75, 3.05) is 7.05 Å². The lowest BCUT2D eigenvalue weighted by Crippen LogP contribution is -2.35. The second-order valence-electron chi connectivity index (χ2n) is 5.23. The van der Waals surface area contributed by atoms with Crippen molar-refractivity contribution in [3.8, 4) is 5.69 Å². The van der Waals surface area contributed by atoms with Crippen LogP contribution in [0.4, 0.5) is 4.79 Å². The molecule has 0 fully saturated rings. The minimum absolute atomic E-state index is 0.285. The van der Waals surface area contributed by atoms with Gasteiger partial charge in [0.05, 0.1) is 11.7 Å². The summed E-state index contributed by atoms with van der Waals surface area (Å²) in [7, 11) is 1.46. The minimum atomic E-state index is -1.08. The molecule has 1 N–H and O–H groups in total. The summed E-state index contributed by atoms with van der Waals surface area (Å²) in [4.78, 5) is 29.7. The number of nitrogens with zero attached hydrogens (tertiary/aromatic N) is 4. The van der Waals surface area contributed by atoms with E-state index in [0.717, 1.165) is 4.90 Å². The van der Waals surface area contributed by atoms with Gasteiger partial charge in [-0.1, -0.05) is 18.2 Å². The maximum absolute atomic E-state index is 12.8. The van der Waals surface area contributed by atoms with Gasteiger partial charge < -0.3 is 10.0 Å². The lowest BCUT2D eigenvalue weighted by Gasteiger charge is -2.24. The molecule has 7 nitrogen and oxygen atoms in total. The molecule has 0 saturated carbocycles. The Labute approximate surface area is 132 Å². The Hall–Kier alpha value is -3.09. The Kier molecular flexibility index (Phi) is 3.61. The molecular formula is C16H16N4O3. The molecule has 1 unspecified atom stereocenters. The summed E-state index contributed by atoms with van der Waals surface area (Å²) < 4.78 is 2.88. The third-order valence-electron chi connectivity index (χ3n) is 3.85. The Bertz CT molecular complexity index is 914. The molecule has 0 aliphatic carbocycles. The molecule has 118 valence electrons. The van der Waals surface area contributed by atoms with Gasteiger partial charge in [-0.15, -0.1) is 0 Å². The van der Waals surface area contributed by atoms with E-state index < -0.39 is 12.1 Å². The van der Waals surface area contributed by atoms with Crippen LogP contribution >= 0.6 is 0 Å². The molecule has 0 aliphatic heterocycles. The van der Waals surface area contributed by atoms with Crippen molar-refractivity contribution in [2.45, 2.75) is 13.0 Å². The van der Waals surface area contributed by atoms with Crippen molar-refractivity contribution in [1.29, 1.82) is 0 Å². The molecule has 1 atom stereocenters. The number of carbonyl (C=O) groups is 1. The monoisotopic (exact) mass is 312 g/mol. The first-order chi connectivity index (χ1) is 11.0. The standard InChI is InChI=1S/C16H16N4O3/c1-11(18(2)16(22)23)14-17-13-9-6-10-19(13)15(21)20(14)12-7-4-3-5-8-12/h3-11H,1-2H3,(H,22,23). The van der Waals surface area contributed by atoms with Gasteiger partial charge in [0.1, 0.15) is 11.5 Å². The van der Waals surface area contributed by atoms with Crippen molar-refractivity contribution in [2.24, 2.45) is 0 Å². The first-order valence-electron chi connectivity index (χ1n) is 7.12. The molecule has 0 saturated heterocycles. The van der Waals surface area contributed by atoms with Gasteiger partial charge in [-0.2, -0.15) is 0 Å². The molecule has 2 aromatic heterocycles. The third-order valence-corrected chi connectivity index (χ3v) is 3.85. The highest BCUT2D eigenvalue weighted by atomic mass is 16.4. The molecule has 0 aliphatic rings. The molecule has 3 rings (SSSR count). The van der Waals surface area contributed by atoms with Gasteiger partial charge in [0.15, 0.2) is 0 Å². The lowest BCUT2D eigenvalue weighted by atomic mass is 10.2. The fourth-order valence-corrected chi connectivity index (χ4v) is 2.44. The number of benzene rings is 1. The fraction of sp³-hybridized carbons (Fsp3) is 0.188. The second kappa shape index (κ2) is 5.60. The fourth-order valence-electron chi connectivity index (χ4n) is 2.44. The predicted molar refractivity (Wildman–Crippen MR) is 85.0 cm³/mol. The van der Waals surface area contributed by atoms with Crippen molar-refractivity contribution < 1.29 is 9.90 Å². The first kappa shape index (κ1) is 14.8. The van der Waals surface area contributed by atoms with Gasteiger partial charge in [-0.05, 0) is 31.2 Å². The number of rotatable bonds is 3. The van der Waals surface area contributed by atoms with E-state index in [9.17, 15) is 14.7 Å². The van der Waals surface area contributed by atoms with Gasteiger partial charge in [0.2, 0.25) is 0 Å². The van der Waals surface area contributed by atoms with E-state index >= 15 is 0 Å². The smallest absolute Gasteiger partial charge is 0.407 e. The van der Waals surface area contributed by atoms with Gasteiger partial charge in [0.25, 0.3) is 0 Å². The van der Waals surface area contributed by atoms with Crippen LogP contribution in [0, 0.1) is 0 Å². The van der Waals surface area contributed by atoms with E-state index in [1.165, 1.54) is 16.0 Å². The average Bonchev–Trinajstić information content (AvgIpc) is 3.03. The molecule has 2 heterocycles. The van der Waals surface area contributed by atoms with Crippen LogP contribution in [0.15, 0.2) is 53.5 Å². The van der Waals surface area contributed by atoms with E-state index in [2.05, 4.69) is 4.98 Å². The zero-order valence-corrected chi connectivity index (χ0v) is 12.7. The molecule has 0 spiro atoms. The van der Waals surface area contributed by atoms with Crippen LogP contribution < -0.4 is 5.69 Å². The Morgan fingerprint density at radius 1 is 1.22 bits per heavy atom. The Morgan fingerprint density at radius 2 is 1.91 bits per heavy atom. The summed E-state index contributed by atoms with van der Waals surface area (Å²) in [6.45, 7) is 1.70. The minimum Gasteiger partial charge on any atom is -0.465 e. The normalized spacial score (nSPS) is 12.3. The van der Waals surface area contributed by atoms with E-state index in [4.69, 9.17) is 0 Å². The molecule has 23 heavy (non-hydrogen) atoms. The zero-order valence-electron chi connectivity index (χ0n) is 12.7. The van der Waals surface area contributed by atoms with Crippen LogP contribution in [0.5, 0.6) is 0 Å². The van der Waals surface area contributed by atoms with E-state index in [1.807, 2.05) is 18.2 Å². The highest BCUT2D eigenvalue weighted by Crippen LogP contribution is 2.19. The molecule has 0 bridgehead atoms. The molecule has 3 aromatic rings. The van der Waals surface area contributed by atoms with Gasteiger partial charge in [0, 0.05) is 13.2 Å². The number of amides is 1. The summed E-state index contributed by atoms with van der Waals surface area (Å²) in [5.74, 6) is 0.373. The quantitative estimate of drug-likeness (QED) is 0.803. The summed E-state index contributed by atoms with van der Waals surface area (Å²) in [6, 6.07) is 11.9. The third kappa shape index (κ3) is 2.46. The van der Waals surface area contributed by atoms with E-state index in [1.54, 1.807) is 37.4 Å². The first-order valence-corrected chi connectivity index (χ1v) is 7.12. The lowest BCUT2D eigenvalue weighted by molar-refractivity contribution is 0.139. The van der Waals surface area contributed by atoms with E-state index in [0.29, 0.717) is 17.2 Å². The SMILES string of the molecule is CC(c1nc2cccn2c(=O)n1-c1ccccc1)N(C)C(=O)O. The highest BCUT2D eigenvalue weighted by molar-refractivity contribution is 5.65. The van der Waals surface area contributed by atoms with Crippen LogP contribution in [-0.2, 0) is 0 Å². The highest BCUT2D eigenvalue weighted by Gasteiger charge is 2.23. The summed E-state index contributed by atoms with van der Waals surface area (Å²) in [5, 5.41) is 9.22. The largest absolute Gasteiger partial charge is 0.465 e. The van der Waals surface area contributed by atoms with Crippen molar-refractivity contribution >= 4 is 11.7 Å². The van der Waals surface area contributed by atoms with Crippen molar-refractivity contribution in [1.82, 2.24) is 18.9 Å². The molecular weight excluding hydrogens is 296 g/mol. The molecule has 7 heteroatoms. The number of aromatic nitrogens is 3. The second-order valence-corrected chi connectivity index (χ2v) is 5.23. The topological polar surface area (TPSA) is 79.8 Å². The number of carboxylic acid groups (broad SMARTS) is 1. The van der Waals surface area contributed by atoms with Crippen LogP contribution in [-0.4, -0.2) is 37.1 Å². The predicted octanol–water partition coefficient (Wildman–Crippen LogP) is 2.16. The Balaban J connectivity index is 2.31. The molecule has 1 amide bonds. The molecule has 0 radical (unpaired) electrons. The van der Waals surface area contributed by atoms with Gasteiger partial charge in [-0.3, -0.25) is 4.40 Å². The molecule has 1 aromatic carbocycles. The number of fused-ring (bicyclic) bond motifs is 1. The van der Waals surface area contributed by atoms with Crippen LogP contribution in [0.2, 0.25) is 0 Å². The Morgan fingerprint density at radius 3 is 2.57 bits per heavy atom.